The molecule has 0 aliphatic carbocycles. The van der Waals surface area contributed by atoms with Crippen molar-refractivity contribution >= 4 is 92.2 Å². The van der Waals surface area contributed by atoms with Gasteiger partial charge >= 0.3 is 6.18 Å². The standard InChI is InChI=1S/C42H26ClF3N6O7/c1-3-4-5-18(2)17-48-50-34(47)22-6-7-26-32-27(13-10-25(30(22)32)37(50)55)39(57)51(38(26)56)52-40(58)28-11-8-23-31-24(9-12-29(33(28)31)41(52)59)36(54)49(35(23)53)21-15-19(42(44,45)46)14-20(43)16-21/h6-18,47H,3-5H2,1-2H3. The van der Waals surface area contributed by atoms with E-state index in [-0.39, 0.29) is 82.8 Å². The van der Waals surface area contributed by atoms with E-state index in [2.05, 4.69) is 12.0 Å². The van der Waals surface area contributed by atoms with E-state index in [1.165, 1.54) is 24.3 Å². The van der Waals surface area contributed by atoms with Gasteiger partial charge in [0.1, 0.15) is 0 Å². The normalized spacial score (nSPS) is 16.8. The SMILES string of the molecule is CCCCC(C)C=NN1C(=N)c2ccc3c4c(ccc(c24)C1=O)C(=O)N(N1C(=O)c2ccc4c5c(ccc(c25)C1=O)C(=O)N(c1cc(Cl)cc(C(F)(F)F)c1)C4=O)C3=O. The Morgan fingerprint density at radius 3 is 1.49 bits per heavy atom. The third-order valence-electron chi connectivity index (χ3n) is 10.9. The number of unbranched alkanes of at least 4 members (excludes halogenated alkanes) is 1. The van der Waals surface area contributed by atoms with Gasteiger partial charge in [-0.05, 0) is 79.1 Å². The van der Waals surface area contributed by atoms with Crippen molar-refractivity contribution in [2.45, 2.75) is 39.3 Å². The van der Waals surface area contributed by atoms with Crippen molar-refractivity contribution in [3.63, 3.8) is 0 Å². The number of imide groups is 3. The molecule has 1 atom stereocenters. The topological polar surface area (TPSA) is 169 Å². The Morgan fingerprint density at radius 2 is 1.05 bits per heavy atom. The largest absolute Gasteiger partial charge is 0.416 e. The van der Waals surface area contributed by atoms with Gasteiger partial charge in [0, 0.05) is 49.5 Å². The Bertz CT molecular complexity index is 2800. The maximum Gasteiger partial charge on any atom is 0.416 e. The van der Waals surface area contributed by atoms with Crippen LogP contribution in [0.5, 0.6) is 0 Å². The smallest absolute Gasteiger partial charge is 0.282 e. The molecule has 4 aliphatic rings. The number of alkyl halides is 3. The van der Waals surface area contributed by atoms with Gasteiger partial charge in [0.15, 0.2) is 5.84 Å². The van der Waals surface area contributed by atoms with Gasteiger partial charge in [0.25, 0.3) is 41.4 Å². The molecule has 294 valence electrons. The fourth-order valence-electron chi connectivity index (χ4n) is 8.10. The van der Waals surface area contributed by atoms with E-state index in [4.69, 9.17) is 17.0 Å². The number of nitrogens with zero attached hydrogens (tertiary/aromatic N) is 5. The Hall–Kier alpha value is -7.07. The van der Waals surface area contributed by atoms with Crippen LogP contribution in [0.3, 0.4) is 0 Å². The number of carbonyl (C=O) groups is 7. The highest BCUT2D eigenvalue weighted by molar-refractivity contribution is 6.41. The summed E-state index contributed by atoms with van der Waals surface area (Å²) in [4.78, 5) is 99.3. The third kappa shape index (κ3) is 5.28. The van der Waals surface area contributed by atoms with E-state index in [9.17, 15) is 46.7 Å². The van der Waals surface area contributed by atoms with Crippen LogP contribution in [0, 0.1) is 11.3 Å². The average Bonchev–Trinajstić information content (AvgIpc) is 3.20. The number of benzene rings is 5. The lowest BCUT2D eigenvalue weighted by Crippen LogP contribution is -2.58. The van der Waals surface area contributed by atoms with Crippen LogP contribution in [0.4, 0.5) is 18.9 Å². The minimum atomic E-state index is -4.86. The molecule has 4 heterocycles. The van der Waals surface area contributed by atoms with Gasteiger partial charge in [-0.15, -0.1) is 0 Å². The minimum Gasteiger partial charge on any atom is -0.282 e. The molecule has 0 fully saturated rings. The van der Waals surface area contributed by atoms with Crippen molar-refractivity contribution in [3.05, 3.63) is 122 Å². The Balaban J connectivity index is 1.09. The van der Waals surface area contributed by atoms with Crippen LogP contribution >= 0.6 is 11.6 Å². The van der Waals surface area contributed by atoms with Crippen LogP contribution in [-0.2, 0) is 6.18 Å². The molecule has 4 aliphatic heterocycles. The fourth-order valence-corrected chi connectivity index (χ4v) is 8.32. The van der Waals surface area contributed by atoms with Crippen molar-refractivity contribution in [1.82, 2.24) is 15.0 Å². The molecule has 1 N–H and O–H groups in total. The summed E-state index contributed by atoms with van der Waals surface area (Å²) in [5.41, 5.74) is -2.54. The summed E-state index contributed by atoms with van der Waals surface area (Å²) in [6.45, 7) is 4.00. The monoisotopic (exact) mass is 818 g/mol. The van der Waals surface area contributed by atoms with Crippen LogP contribution in [0.15, 0.2) is 71.8 Å². The number of halogens is 4. The maximum atomic E-state index is 14.3. The molecule has 9 rings (SSSR count). The van der Waals surface area contributed by atoms with Crippen molar-refractivity contribution < 1.29 is 46.7 Å². The minimum absolute atomic E-state index is 0.0297. The highest BCUT2D eigenvalue weighted by Gasteiger charge is 2.48. The Kier molecular flexibility index (Phi) is 8.25. The molecule has 7 amide bonds. The molecule has 0 aromatic heterocycles. The number of carbonyl (C=O) groups excluding carboxylic acids is 7. The number of hydrazone groups is 1. The van der Waals surface area contributed by atoms with E-state index in [1.807, 2.05) is 6.92 Å². The lowest BCUT2D eigenvalue weighted by Gasteiger charge is -2.38. The number of hydrogen-bond donors (Lipinski definition) is 1. The lowest BCUT2D eigenvalue weighted by atomic mass is 9.85. The highest BCUT2D eigenvalue weighted by Crippen LogP contribution is 2.43. The predicted molar refractivity (Wildman–Crippen MR) is 207 cm³/mol. The zero-order chi connectivity index (χ0) is 42.0. The van der Waals surface area contributed by atoms with Gasteiger partial charge in [-0.25, -0.2) is 4.90 Å². The second kappa shape index (κ2) is 13.0. The molecule has 0 radical (unpaired) electrons. The summed E-state index contributed by atoms with van der Waals surface area (Å²) in [6.07, 6.45) is -0.488. The molecule has 0 saturated heterocycles. The molecular weight excluding hydrogens is 793 g/mol. The molecule has 5 aromatic carbocycles. The molecule has 0 saturated carbocycles. The number of rotatable bonds is 7. The molecule has 0 bridgehead atoms. The quantitative estimate of drug-likeness (QED) is 0.129. The summed E-state index contributed by atoms with van der Waals surface area (Å²) in [7, 11) is 0. The summed E-state index contributed by atoms with van der Waals surface area (Å²) in [6, 6.07) is 12.3. The van der Waals surface area contributed by atoms with Crippen LogP contribution in [0.1, 0.15) is 117 Å². The molecule has 0 spiro atoms. The maximum absolute atomic E-state index is 14.3. The molecule has 17 heteroatoms. The van der Waals surface area contributed by atoms with E-state index in [0.29, 0.717) is 27.1 Å². The molecule has 59 heavy (non-hydrogen) atoms. The van der Waals surface area contributed by atoms with Gasteiger partial charge in [0.2, 0.25) is 0 Å². The number of anilines is 1. The zero-order valence-corrected chi connectivity index (χ0v) is 31.5. The summed E-state index contributed by atoms with van der Waals surface area (Å²) < 4.78 is 41.0. The van der Waals surface area contributed by atoms with Crippen molar-refractivity contribution in [2.75, 3.05) is 4.90 Å². The number of nitrogens with one attached hydrogen (secondary N) is 1. The first kappa shape index (κ1) is 37.5. The van der Waals surface area contributed by atoms with E-state index in [1.54, 1.807) is 6.21 Å². The molecule has 5 aromatic rings. The summed E-state index contributed by atoms with van der Waals surface area (Å²) >= 11 is 5.96. The van der Waals surface area contributed by atoms with E-state index in [0.717, 1.165) is 54.6 Å². The number of amides is 7. The second-order valence-corrected chi connectivity index (χ2v) is 14.9. The van der Waals surface area contributed by atoms with Gasteiger partial charge in [-0.2, -0.15) is 33.3 Å². The highest BCUT2D eigenvalue weighted by atomic mass is 35.5. The first-order valence-electron chi connectivity index (χ1n) is 18.3. The molecule has 13 nitrogen and oxygen atoms in total. The molecule has 1 unspecified atom stereocenters. The zero-order valence-electron chi connectivity index (χ0n) is 30.7. The van der Waals surface area contributed by atoms with Crippen LogP contribution < -0.4 is 4.90 Å². The first-order chi connectivity index (χ1) is 28.0. The van der Waals surface area contributed by atoms with Crippen LogP contribution in [0.25, 0.3) is 21.5 Å². The third-order valence-corrected chi connectivity index (χ3v) is 11.1. The van der Waals surface area contributed by atoms with Crippen LogP contribution in [-0.4, -0.2) is 68.4 Å². The average molecular weight is 819 g/mol. The van der Waals surface area contributed by atoms with E-state index >= 15 is 0 Å². The first-order valence-corrected chi connectivity index (χ1v) is 18.6. The predicted octanol–water partition coefficient (Wildman–Crippen LogP) is 7.87. The fraction of sp³-hybridized carbons (Fsp3) is 0.167. The van der Waals surface area contributed by atoms with Crippen molar-refractivity contribution in [3.8, 4) is 0 Å². The number of hydrazine groups is 1. The van der Waals surface area contributed by atoms with Gasteiger partial charge in [-0.1, -0.05) is 38.3 Å². The Morgan fingerprint density at radius 1 is 0.644 bits per heavy atom. The Labute approximate surface area is 335 Å². The van der Waals surface area contributed by atoms with Crippen molar-refractivity contribution in [1.29, 1.82) is 5.41 Å². The summed E-state index contributed by atoms with van der Waals surface area (Å²) in [5.74, 6) is -7.44. The number of amidine groups is 1. The summed E-state index contributed by atoms with van der Waals surface area (Å²) in [5, 5.41) is 14.5. The van der Waals surface area contributed by atoms with Crippen LogP contribution in [0.2, 0.25) is 5.02 Å². The van der Waals surface area contributed by atoms with Gasteiger partial charge < -0.3 is 0 Å². The van der Waals surface area contributed by atoms with Crippen molar-refractivity contribution in [2.24, 2.45) is 11.0 Å². The molecular formula is C42H26ClF3N6O7. The van der Waals surface area contributed by atoms with E-state index < -0.39 is 58.8 Å². The number of hydrogen-bond acceptors (Lipinski definition) is 9. The van der Waals surface area contributed by atoms with Gasteiger partial charge in [0.05, 0.1) is 39.1 Å². The van der Waals surface area contributed by atoms with Gasteiger partial charge in [-0.3, -0.25) is 39.0 Å². The lowest BCUT2D eigenvalue weighted by molar-refractivity contribution is -0.137. The second-order valence-electron chi connectivity index (χ2n) is 14.5.